The first kappa shape index (κ1) is 12.7. The lowest BCUT2D eigenvalue weighted by atomic mass is 9.87. The maximum atomic E-state index is 10.7. The summed E-state index contributed by atoms with van der Waals surface area (Å²) in [5, 5.41) is 8.85. The molecule has 13 heavy (non-hydrogen) atoms. The Morgan fingerprint density at radius 3 is 2.23 bits per heavy atom. The van der Waals surface area contributed by atoms with Crippen molar-refractivity contribution in [1.82, 2.24) is 0 Å². The zero-order chi connectivity index (χ0) is 8.97. The molecule has 0 spiro atoms. The molecular formula is C9H18ClNO2. The van der Waals surface area contributed by atoms with E-state index in [0.29, 0.717) is 0 Å². The van der Waals surface area contributed by atoms with Gasteiger partial charge in [-0.15, -0.1) is 12.4 Å². The van der Waals surface area contributed by atoms with Crippen LogP contribution in [0.5, 0.6) is 0 Å². The third-order valence-corrected chi connectivity index (χ3v) is 2.64. The lowest BCUT2D eigenvalue weighted by molar-refractivity contribution is -0.142. The zero-order valence-corrected chi connectivity index (χ0v) is 8.55. The van der Waals surface area contributed by atoms with Crippen molar-refractivity contribution in [1.29, 1.82) is 0 Å². The van der Waals surface area contributed by atoms with Gasteiger partial charge in [-0.05, 0) is 12.8 Å². The molecule has 0 unspecified atom stereocenters. The Balaban J connectivity index is 0.00000144. The smallest absolute Gasteiger partial charge is 0.308 e. The third-order valence-electron chi connectivity index (χ3n) is 2.64. The predicted molar refractivity (Wildman–Crippen MR) is 54.1 cm³/mol. The number of aliphatic carboxylic acids is 1. The van der Waals surface area contributed by atoms with Gasteiger partial charge in [0, 0.05) is 6.04 Å². The number of hydrogen-bond donors (Lipinski definition) is 2. The molecule has 1 saturated carbocycles. The average Bonchev–Trinajstić information content (AvgIpc) is 1.96. The fourth-order valence-electron chi connectivity index (χ4n) is 1.82. The molecular weight excluding hydrogens is 190 g/mol. The van der Waals surface area contributed by atoms with Crippen LogP contribution in [0.15, 0.2) is 0 Å². The summed E-state index contributed by atoms with van der Waals surface area (Å²) in [5.74, 6) is -1.02. The van der Waals surface area contributed by atoms with Gasteiger partial charge in [0.05, 0.1) is 5.92 Å². The minimum atomic E-state index is -0.718. The van der Waals surface area contributed by atoms with Crippen LogP contribution in [0, 0.1) is 5.92 Å². The molecule has 1 aliphatic rings. The fourth-order valence-corrected chi connectivity index (χ4v) is 1.82. The molecule has 1 aliphatic carbocycles. The molecule has 0 aromatic carbocycles. The van der Waals surface area contributed by atoms with Crippen molar-refractivity contribution in [3.05, 3.63) is 0 Å². The molecule has 3 N–H and O–H groups in total. The Bertz CT molecular complexity index is 164. The van der Waals surface area contributed by atoms with E-state index < -0.39 is 5.97 Å². The van der Waals surface area contributed by atoms with Crippen LogP contribution >= 0.6 is 12.4 Å². The summed E-state index contributed by atoms with van der Waals surface area (Å²) in [6.07, 6.45) is 6.11. The van der Waals surface area contributed by atoms with Gasteiger partial charge in [0.1, 0.15) is 0 Å². The second-order valence-electron chi connectivity index (χ2n) is 3.60. The molecule has 3 nitrogen and oxygen atoms in total. The maximum Gasteiger partial charge on any atom is 0.308 e. The third kappa shape index (κ3) is 3.96. The lowest BCUT2D eigenvalue weighted by Crippen LogP contribution is -2.36. The van der Waals surface area contributed by atoms with Crippen LogP contribution in [-0.4, -0.2) is 17.1 Å². The van der Waals surface area contributed by atoms with Crippen molar-refractivity contribution in [3.63, 3.8) is 0 Å². The zero-order valence-electron chi connectivity index (χ0n) is 7.74. The molecule has 0 radical (unpaired) electrons. The first-order valence-electron chi connectivity index (χ1n) is 4.70. The average molecular weight is 208 g/mol. The molecule has 0 amide bonds. The molecule has 0 heterocycles. The minimum absolute atomic E-state index is 0. The van der Waals surface area contributed by atoms with E-state index in [1.165, 1.54) is 6.42 Å². The SMILES string of the molecule is Cl.N[C@@H]1CCCCCC[C@H]1C(=O)O. The number of carboxylic acid groups (broad SMARTS) is 1. The van der Waals surface area contributed by atoms with E-state index in [9.17, 15) is 4.79 Å². The van der Waals surface area contributed by atoms with Crippen LogP contribution < -0.4 is 5.73 Å². The van der Waals surface area contributed by atoms with Gasteiger partial charge in [0.25, 0.3) is 0 Å². The van der Waals surface area contributed by atoms with Gasteiger partial charge in [0.15, 0.2) is 0 Å². The van der Waals surface area contributed by atoms with Gasteiger partial charge in [-0.3, -0.25) is 4.79 Å². The highest BCUT2D eigenvalue weighted by atomic mass is 35.5. The van der Waals surface area contributed by atoms with Crippen LogP contribution in [0.4, 0.5) is 0 Å². The molecule has 0 bridgehead atoms. The largest absolute Gasteiger partial charge is 0.481 e. The summed E-state index contributed by atoms with van der Waals surface area (Å²) in [6, 6.07) is -0.122. The van der Waals surface area contributed by atoms with Crippen LogP contribution in [0.3, 0.4) is 0 Å². The minimum Gasteiger partial charge on any atom is -0.481 e. The Kier molecular flexibility index (Phi) is 6.08. The van der Waals surface area contributed by atoms with E-state index in [-0.39, 0.29) is 24.4 Å². The first-order chi connectivity index (χ1) is 5.72. The number of rotatable bonds is 1. The van der Waals surface area contributed by atoms with Crippen LogP contribution in [0.1, 0.15) is 38.5 Å². The van der Waals surface area contributed by atoms with Gasteiger partial charge in [-0.2, -0.15) is 0 Å². The Hall–Kier alpha value is -0.280. The molecule has 1 rings (SSSR count). The summed E-state index contributed by atoms with van der Waals surface area (Å²) < 4.78 is 0. The maximum absolute atomic E-state index is 10.7. The van der Waals surface area contributed by atoms with E-state index >= 15 is 0 Å². The van der Waals surface area contributed by atoms with E-state index in [4.69, 9.17) is 10.8 Å². The molecule has 78 valence electrons. The number of carbonyl (C=O) groups is 1. The number of halogens is 1. The van der Waals surface area contributed by atoms with E-state index in [0.717, 1.165) is 32.1 Å². The highest BCUT2D eigenvalue weighted by Gasteiger charge is 2.25. The van der Waals surface area contributed by atoms with Crippen LogP contribution in [0.2, 0.25) is 0 Å². The Labute approximate surface area is 85.1 Å². The highest BCUT2D eigenvalue weighted by Crippen LogP contribution is 2.21. The van der Waals surface area contributed by atoms with E-state index in [1.807, 2.05) is 0 Å². The number of hydrogen-bond acceptors (Lipinski definition) is 2. The summed E-state index contributed by atoms with van der Waals surface area (Å²) in [7, 11) is 0. The molecule has 0 aliphatic heterocycles. The second-order valence-corrected chi connectivity index (χ2v) is 3.60. The van der Waals surface area contributed by atoms with Crippen molar-refractivity contribution >= 4 is 18.4 Å². The van der Waals surface area contributed by atoms with Gasteiger partial charge in [-0.25, -0.2) is 0 Å². The van der Waals surface area contributed by atoms with Gasteiger partial charge in [0.2, 0.25) is 0 Å². The Morgan fingerprint density at radius 2 is 1.69 bits per heavy atom. The van der Waals surface area contributed by atoms with E-state index in [2.05, 4.69) is 0 Å². The standard InChI is InChI=1S/C9H17NO2.ClH/c10-8-6-4-2-1-3-5-7(8)9(11)12;/h7-8H,1-6,10H2,(H,11,12);1H/t7-,8-;/m1./s1. The van der Waals surface area contributed by atoms with E-state index in [1.54, 1.807) is 0 Å². The summed E-state index contributed by atoms with van der Waals surface area (Å²) >= 11 is 0. The predicted octanol–water partition coefficient (Wildman–Crippen LogP) is 1.79. The summed E-state index contributed by atoms with van der Waals surface area (Å²) in [5.41, 5.74) is 5.77. The van der Waals surface area contributed by atoms with Crippen molar-refractivity contribution in [2.24, 2.45) is 11.7 Å². The van der Waals surface area contributed by atoms with Crippen molar-refractivity contribution in [2.75, 3.05) is 0 Å². The molecule has 0 aromatic rings. The fraction of sp³-hybridized carbons (Fsp3) is 0.889. The monoisotopic (exact) mass is 207 g/mol. The van der Waals surface area contributed by atoms with Gasteiger partial charge >= 0.3 is 5.97 Å². The van der Waals surface area contributed by atoms with Crippen LogP contribution in [-0.2, 0) is 4.79 Å². The van der Waals surface area contributed by atoms with Crippen molar-refractivity contribution in [3.8, 4) is 0 Å². The summed E-state index contributed by atoms with van der Waals surface area (Å²) in [6.45, 7) is 0. The lowest BCUT2D eigenvalue weighted by Gasteiger charge is -2.22. The topological polar surface area (TPSA) is 63.3 Å². The Morgan fingerprint density at radius 1 is 1.15 bits per heavy atom. The van der Waals surface area contributed by atoms with Crippen molar-refractivity contribution < 1.29 is 9.90 Å². The second kappa shape index (κ2) is 6.22. The molecule has 4 heteroatoms. The molecule has 2 atom stereocenters. The normalized spacial score (nSPS) is 29.6. The van der Waals surface area contributed by atoms with Crippen molar-refractivity contribution in [2.45, 2.75) is 44.6 Å². The van der Waals surface area contributed by atoms with Crippen LogP contribution in [0.25, 0.3) is 0 Å². The summed E-state index contributed by atoms with van der Waals surface area (Å²) in [4.78, 5) is 10.7. The molecule has 1 fully saturated rings. The number of carboxylic acids is 1. The molecule has 0 aromatic heterocycles. The molecule has 0 saturated heterocycles. The first-order valence-corrected chi connectivity index (χ1v) is 4.70. The number of nitrogens with two attached hydrogens (primary N) is 1. The van der Waals surface area contributed by atoms with Gasteiger partial charge < -0.3 is 10.8 Å². The highest BCUT2D eigenvalue weighted by molar-refractivity contribution is 5.85. The van der Waals surface area contributed by atoms with Gasteiger partial charge in [-0.1, -0.05) is 25.7 Å². The quantitative estimate of drug-likeness (QED) is 0.689.